The Morgan fingerprint density at radius 3 is 2.72 bits per heavy atom. The molecule has 1 aromatic heterocycles. The molecule has 1 aliphatic rings. The van der Waals surface area contributed by atoms with Gasteiger partial charge in [0, 0.05) is 18.5 Å². The van der Waals surface area contributed by atoms with Crippen molar-refractivity contribution in [2.75, 3.05) is 18.0 Å². The molecule has 2 heterocycles. The fourth-order valence-electron chi connectivity index (χ4n) is 2.52. The third-order valence-corrected chi connectivity index (χ3v) is 3.70. The summed E-state index contributed by atoms with van der Waals surface area (Å²) in [4.78, 5) is 11.1. The third kappa shape index (κ3) is 2.03. The quantitative estimate of drug-likeness (QED) is 0.776. The fourth-order valence-corrected chi connectivity index (χ4v) is 2.69. The summed E-state index contributed by atoms with van der Waals surface area (Å²) in [5, 5.41) is 1.47. The predicted molar refractivity (Wildman–Crippen MR) is 75.4 cm³/mol. The first-order valence-corrected chi connectivity index (χ1v) is 6.87. The van der Waals surface area contributed by atoms with E-state index in [0.717, 1.165) is 36.2 Å². The van der Waals surface area contributed by atoms with E-state index in [-0.39, 0.29) is 0 Å². The Hall–Kier alpha value is -1.35. The summed E-state index contributed by atoms with van der Waals surface area (Å²) in [6, 6.07) is 6.35. The van der Waals surface area contributed by atoms with Crippen LogP contribution in [0.15, 0.2) is 18.2 Å². The molecule has 0 radical (unpaired) electrons. The number of anilines is 1. The molecular formula is C14H16ClN3. The first-order chi connectivity index (χ1) is 8.78. The van der Waals surface area contributed by atoms with E-state index in [1.165, 1.54) is 18.4 Å². The van der Waals surface area contributed by atoms with Crippen molar-refractivity contribution in [1.82, 2.24) is 9.97 Å². The lowest BCUT2D eigenvalue weighted by molar-refractivity contribution is 0.939. The Bertz CT molecular complexity index is 577. The topological polar surface area (TPSA) is 29.0 Å². The van der Waals surface area contributed by atoms with Crippen molar-refractivity contribution in [1.29, 1.82) is 0 Å². The average molecular weight is 262 g/mol. The molecule has 3 rings (SSSR count). The van der Waals surface area contributed by atoms with Crippen molar-refractivity contribution in [3.8, 4) is 0 Å². The number of hydrogen-bond donors (Lipinski definition) is 0. The number of aromatic nitrogens is 2. The van der Waals surface area contributed by atoms with Crippen LogP contribution < -0.4 is 4.90 Å². The van der Waals surface area contributed by atoms with Gasteiger partial charge in [0.05, 0.1) is 5.52 Å². The zero-order valence-electron chi connectivity index (χ0n) is 10.5. The van der Waals surface area contributed by atoms with Crippen molar-refractivity contribution < 1.29 is 0 Å². The van der Waals surface area contributed by atoms with Crippen molar-refractivity contribution in [3.63, 3.8) is 0 Å². The van der Waals surface area contributed by atoms with Crippen LogP contribution >= 0.6 is 11.6 Å². The minimum atomic E-state index is 0.341. The number of halogens is 1. The largest absolute Gasteiger partial charge is 0.356 e. The highest BCUT2D eigenvalue weighted by atomic mass is 35.5. The van der Waals surface area contributed by atoms with Gasteiger partial charge in [-0.05, 0) is 48.6 Å². The highest BCUT2D eigenvalue weighted by molar-refractivity contribution is 6.28. The first-order valence-electron chi connectivity index (χ1n) is 6.49. The number of aryl methyl sites for hydroxylation is 1. The number of fused-ring (bicyclic) bond motifs is 1. The summed E-state index contributed by atoms with van der Waals surface area (Å²) < 4.78 is 0. The van der Waals surface area contributed by atoms with Crippen molar-refractivity contribution in [2.45, 2.75) is 26.2 Å². The molecule has 0 aliphatic carbocycles. The predicted octanol–water partition coefficient (Wildman–Crippen LogP) is 3.45. The van der Waals surface area contributed by atoms with Gasteiger partial charge in [0.1, 0.15) is 5.82 Å². The van der Waals surface area contributed by atoms with E-state index in [0.29, 0.717) is 5.28 Å². The van der Waals surface area contributed by atoms with Gasteiger partial charge < -0.3 is 4.90 Å². The molecule has 1 aromatic carbocycles. The Kier molecular flexibility index (Phi) is 3.08. The van der Waals surface area contributed by atoms with Gasteiger partial charge >= 0.3 is 0 Å². The molecule has 4 heteroatoms. The maximum atomic E-state index is 6.03. The molecule has 0 amide bonds. The van der Waals surface area contributed by atoms with E-state index in [1.54, 1.807) is 0 Å². The van der Waals surface area contributed by atoms with Crippen molar-refractivity contribution in [2.24, 2.45) is 0 Å². The average Bonchev–Trinajstić information content (AvgIpc) is 2.91. The molecule has 0 N–H and O–H groups in total. The zero-order chi connectivity index (χ0) is 12.5. The monoisotopic (exact) mass is 261 g/mol. The lowest BCUT2D eigenvalue weighted by Crippen LogP contribution is -2.19. The van der Waals surface area contributed by atoms with Crippen molar-refractivity contribution >= 4 is 28.3 Å². The Morgan fingerprint density at radius 2 is 2.00 bits per heavy atom. The minimum Gasteiger partial charge on any atom is -0.356 e. The van der Waals surface area contributed by atoms with Crippen LogP contribution in [-0.2, 0) is 6.42 Å². The summed E-state index contributed by atoms with van der Waals surface area (Å²) in [6.07, 6.45) is 3.49. The van der Waals surface area contributed by atoms with Crippen LogP contribution in [0.1, 0.15) is 25.3 Å². The summed E-state index contributed by atoms with van der Waals surface area (Å²) in [7, 11) is 0. The van der Waals surface area contributed by atoms with E-state index in [2.05, 4.69) is 33.9 Å². The minimum absolute atomic E-state index is 0.341. The summed E-state index contributed by atoms with van der Waals surface area (Å²) in [5.41, 5.74) is 2.25. The summed E-state index contributed by atoms with van der Waals surface area (Å²) in [6.45, 7) is 4.30. The molecule has 94 valence electrons. The van der Waals surface area contributed by atoms with Gasteiger partial charge in [-0.15, -0.1) is 0 Å². The molecule has 1 fully saturated rings. The first kappa shape index (κ1) is 11.7. The molecule has 0 spiro atoms. The number of benzene rings is 1. The molecule has 3 nitrogen and oxygen atoms in total. The van der Waals surface area contributed by atoms with Crippen molar-refractivity contribution in [3.05, 3.63) is 29.0 Å². The Labute approximate surface area is 112 Å². The van der Waals surface area contributed by atoms with E-state index >= 15 is 0 Å². The van der Waals surface area contributed by atoms with E-state index in [9.17, 15) is 0 Å². The molecule has 2 aromatic rings. The number of rotatable bonds is 2. The molecule has 0 unspecified atom stereocenters. The number of nitrogens with zero attached hydrogens (tertiary/aromatic N) is 3. The van der Waals surface area contributed by atoms with Gasteiger partial charge in [0.15, 0.2) is 0 Å². The van der Waals surface area contributed by atoms with Crippen LogP contribution in [0.3, 0.4) is 0 Å². The van der Waals surface area contributed by atoms with Gasteiger partial charge in [-0.3, -0.25) is 0 Å². The van der Waals surface area contributed by atoms with Crippen LogP contribution in [0, 0.1) is 0 Å². The highest BCUT2D eigenvalue weighted by Gasteiger charge is 2.17. The summed E-state index contributed by atoms with van der Waals surface area (Å²) >= 11 is 6.03. The summed E-state index contributed by atoms with van der Waals surface area (Å²) in [5.74, 6) is 0.998. The van der Waals surface area contributed by atoms with Crippen LogP contribution in [0.5, 0.6) is 0 Å². The lowest BCUT2D eigenvalue weighted by atomic mass is 10.1. The van der Waals surface area contributed by atoms with Gasteiger partial charge in [0.2, 0.25) is 5.28 Å². The van der Waals surface area contributed by atoms with E-state index in [4.69, 9.17) is 11.6 Å². The van der Waals surface area contributed by atoms with Crippen LogP contribution in [0.2, 0.25) is 5.28 Å². The molecule has 0 atom stereocenters. The molecule has 18 heavy (non-hydrogen) atoms. The highest BCUT2D eigenvalue weighted by Crippen LogP contribution is 2.28. The molecule has 1 saturated heterocycles. The van der Waals surface area contributed by atoms with Crippen LogP contribution in [0.25, 0.3) is 10.9 Å². The molecule has 1 aliphatic heterocycles. The van der Waals surface area contributed by atoms with Crippen LogP contribution in [0.4, 0.5) is 5.82 Å². The Balaban J connectivity index is 2.20. The van der Waals surface area contributed by atoms with Crippen LogP contribution in [-0.4, -0.2) is 23.1 Å². The second kappa shape index (κ2) is 4.73. The second-order valence-corrected chi connectivity index (χ2v) is 5.05. The Morgan fingerprint density at radius 1 is 1.22 bits per heavy atom. The third-order valence-electron chi connectivity index (χ3n) is 3.53. The maximum absolute atomic E-state index is 6.03. The smallest absolute Gasteiger partial charge is 0.224 e. The van der Waals surface area contributed by atoms with Gasteiger partial charge in [0.25, 0.3) is 0 Å². The van der Waals surface area contributed by atoms with E-state index in [1.807, 2.05) is 6.07 Å². The van der Waals surface area contributed by atoms with Gasteiger partial charge in [-0.2, -0.15) is 4.98 Å². The van der Waals surface area contributed by atoms with Gasteiger partial charge in [-0.25, -0.2) is 4.98 Å². The fraction of sp³-hybridized carbons (Fsp3) is 0.429. The number of hydrogen-bond acceptors (Lipinski definition) is 3. The zero-order valence-corrected chi connectivity index (χ0v) is 11.2. The molecule has 0 bridgehead atoms. The van der Waals surface area contributed by atoms with E-state index < -0.39 is 0 Å². The molecule has 0 saturated carbocycles. The van der Waals surface area contributed by atoms with Gasteiger partial charge in [-0.1, -0.05) is 13.0 Å². The standard InChI is InChI=1S/C14H16ClN3/c1-2-10-5-6-12-11(9-10)13(17-14(15)16-12)18-7-3-4-8-18/h5-6,9H,2-4,7-8H2,1H3. The second-order valence-electron chi connectivity index (χ2n) is 4.72. The molecular weight excluding hydrogens is 246 g/mol. The maximum Gasteiger partial charge on any atom is 0.224 e. The normalized spacial score (nSPS) is 15.6. The SMILES string of the molecule is CCc1ccc2nc(Cl)nc(N3CCCC3)c2c1. The lowest BCUT2D eigenvalue weighted by Gasteiger charge is -2.18.